The van der Waals surface area contributed by atoms with E-state index in [4.69, 9.17) is 10.5 Å². The summed E-state index contributed by atoms with van der Waals surface area (Å²) in [7, 11) is 1.54. The molecule has 0 fully saturated rings. The molecule has 0 saturated heterocycles. The minimum Gasteiger partial charge on any atom is -0.380 e. The first-order chi connectivity index (χ1) is 7.15. The van der Waals surface area contributed by atoms with Gasteiger partial charge in [-0.15, -0.1) is 23.7 Å². The summed E-state index contributed by atoms with van der Waals surface area (Å²) in [5, 5.41) is 3.31. The Hall–Kier alpha value is -0.690. The fourth-order valence-electron chi connectivity index (χ4n) is 1.05. The maximum atomic E-state index is 11.5. The monoisotopic (exact) mass is 265 g/mol. The molecule has 5 nitrogen and oxygen atoms in total. The van der Waals surface area contributed by atoms with Crippen molar-refractivity contribution in [1.29, 1.82) is 0 Å². The Kier molecular flexibility index (Phi) is 7.24. The van der Waals surface area contributed by atoms with Crippen molar-refractivity contribution in [3.05, 3.63) is 11.1 Å². The molecule has 1 heterocycles. The van der Waals surface area contributed by atoms with Crippen molar-refractivity contribution in [3.63, 3.8) is 0 Å². The second-order valence-corrected chi connectivity index (χ2v) is 4.36. The highest BCUT2D eigenvalue weighted by atomic mass is 35.5. The van der Waals surface area contributed by atoms with Crippen LogP contribution < -0.4 is 11.1 Å². The standard InChI is InChI=1S/C9H15N3O2S.ClH/c1-6-5-11-9(15-6)12-8(13)3-7(4-10)14-2;/h5,7H,3-4,10H2,1-2H3,(H,11,12,13);1H. The minimum atomic E-state index is -0.231. The molecule has 0 saturated carbocycles. The third-order valence-corrected chi connectivity index (χ3v) is 2.71. The van der Waals surface area contributed by atoms with E-state index in [0.717, 1.165) is 4.88 Å². The molecule has 1 unspecified atom stereocenters. The number of nitrogens with one attached hydrogen (secondary N) is 1. The molecular formula is C9H16ClN3O2S. The van der Waals surface area contributed by atoms with Gasteiger partial charge in [-0.1, -0.05) is 0 Å². The summed E-state index contributed by atoms with van der Waals surface area (Å²) in [5.41, 5.74) is 5.41. The smallest absolute Gasteiger partial charge is 0.228 e. The molecule has 0 spiro atoms. The number of hydrogen-bond donors (Lipinski definition) is 2. The molecule has 1 amide bonds. The number of hydrogen-bond acceptors (Lipinski definition) is 5. The van der Waals surface area contributed by atoms with Crippen LogP contribution in [0.1, 0.15) is 11.3 Å². The molecule has 1 aromatic heterocycles. The van der Waals surface area contributed by atoms with Crippen molar-refractivity contribution in [2.45, 2.75) is 19.4 Å². The molecule has 1 rings (SSSR count). The third-order valence-electron chi connectivity index (χ3n) is 1.88. The van der Waals surface area contributed by atoms with E-state index in [0.29, 0.717) is 11.7 Å². The summed E-state index contributed by atoms with van der Waals surface area (Å²) in [6.07, 6.45) is 1.74. The van der Waals surface area contributed by atoms with Crippen LogP contribution in [0.4, 0.5) is 5.13 Å². The van der Waals surface area contributed by atoms with Gasteiger partial charge >= 0.3 is 0 Å². The summed E-state index contributed by atoms with van der Waals surface area (Å²) >= 11 is 1.44. The van der Waals surface area contributed by atoms with Gasteiger partial charge in [-0.2, -0.15) is 0 Å². The molecule has 0 aromatic carbocycles. The van der Waals surface area contributed by atoms with E-state index < -0.39 is 0 Å². The molecular weight excluding hydrogens is 250 g/mol. The van der Waals surface area contributed by atoms with Crippen LogP contribution in [0.15, 0.2) is 6.20 Å². The number of ether oxygens (including phenoxy) is 1. The summed E-state index contributed by atoms with van der Waals surface area (Å²) in [6, 6.07) is 0. The van der Waals surface area contributed by atoms with E-state index >= 15 is 0 Å². The summed E-state index contributed by atoms with van der Waals surface area (Å²) in [5.74, 6) is -0.123. The first-order valence-electron chi connectivity index (χ1n) is 4.61. The number of anilines is 1. The van der Waals surface area contributed by atoms with Gasteiger partial charge in [0.2, 0.25) is 5.91 Å². The lowest BCUT2D eigenvalue weighted by atomic mass is 10.2. The number of amides is 1. The molecule has 1 aromatic rings. The zero-order chi connectivity index (χ0) is 11.3. The fraction of sp³-hybridized carbons (Fsp3) is 0.556. The molecule has 7 heteroatoms. The van der Waals surface area contributed by atoms with Crippen LogP contribution in [-0.4, -0.2) is 30.6 Å². The van der Waals surface area contributed by atoms with Gasteiger partial charge in [-0.25, -0.2) is 4.98 Å². The van der Waals surface area contributed by atoms with Gasteiger partial charge in [0, 0.05) is 24.7 Å². The van der Waals surface area contributed by atoms with E-state index in [1.54, 1.807) is 13.3 Å². The molecule has 0 aliphatic heterocycles. The van der Waals surface area contributed by atoms with Gasteiger partial charge in [0.1, 0.15) is 0 Å². The minimum absolute atomic E-state index is 0. The fourth-order valence-corrected chi connectivity index (χ4v) is 1.73. The molecule has 0 aliphatic rings. The molecule has 3 N–H and O–H groups in total. The maximum absolute atomic E-state index is 11.5. The Bertz CT molecular complexity index is 328. The van der Waals surface area contributed by atoms with Crippen LogP contribution in [0.3, 0.4) is 0 Å². The molecule has 92 valence electrons. The normalized spacial score (nSPS) is 11.7. The lowest BCUT2D eigenvalue weighted by Gasteiger charge is -2.11. The second kappa shape index (κ2) is 7.56. The summed E-state index contributed by atoms with van der Waals surface area (Å²) < 4.78 is 5.01. The van der Waals surface area contributed by atoms with E-state index in [1.807, 2.05) is 6.92 Å². The van der Waals surface area contributed by atoms with Gasteiger partial charge in [-0.05, 0) is 6.92 Å². The Balaban J connectivity index is 0.00000225. The molecule has 0 aliphatic carbocycles. The number of thiazole rings is 1. The first-order valence-corrected chi connectivity index (χ1v) is 5.42. The van der Waals surface area contributed by atoms with E-state index in [9.17, 15) is 4.79 Å². The maximum Gasteiger partial charge on any atom is 0.228 e. The van der Waals surface area contributed by atoms with Gasteiger partial charge in [0.15, 0.2) is 5.13 Å². The SMILES string of the molecule is COC(CN)CC(=O)Nc1ncc(C)s1.Cl. The van der Waals surface area contributed by atoms with Crippen molar-refractivity contribution in [2.75, 3.05) is 19.0 Å². The largest absolute Gasteiger partial charge is 0.380 e. The van der Waals surface area contributed by atoms with Gasteiger partial charge in [-0.3, -0.25) is 4.79 Å². The van der Waals surface area contributed by atoms with Crippen molar-refractivity contribution in [3.8, 4) is 0 Å². The van der Waals surface area contributed by atoms with Crippen LogP contribution in [0.25, 0.3) is 0 Å². The number of carbonyl (C=O) groups is 1. The van der Waals surface area contributed by atoms with Crippen LogP contribution >= 0.6 is 23.7 Å². The Morgan fingerprint density at radius 3 is 2.88 bits per heavy atom. The number of aryl methyl sites for hydroxylation is 1. The quantitative estimate of drug-likeness (QED) is 0.838. The van der Waals surface area contributed by atoms with E-state index in [2.05, 4.69) is 10.3 Å². The van der Waals surface area contributed by atoms with Crippen LogP contribution in [0, 0.1) is 6.92 Å². The number of aromatic nitrogens is 1. The Morgan fingerprint density at radius 1 is 1.75 bits per heavy atom. The Morgan fingerprint density at radius 2 is 2.44 bits per heavy atom. The molecule has 0 bridgehead atoms. The summed E-state index contributed by atoms with van der Waals surface area (Å²) in [4.78, 5) is 16.6. The third kappa shape index (κ3) is 4.89. The Labute approximate surface area is 105 Å². The van der Waals surface area contributed by atoms with Crippen molar-refractivity contribution in [1.82, 2.24) is 4.98 Å². The number of nitrogens with zero attached hydrogens (tertiary/aromatic N) is 1. The average molecular weight is 266 g/mol. The van der Waals surface area contributed by atoms with E-state index in [-0.39, 0.29) is 30.8 Å². The van der Waals surface area contributed by atoms with Crippen LogP contribution in [0.5, 0.6) is 0 Å². The van der Waals surface area contributed by atoms with E-state index in [1.165, 1.54) is 11.3 Å². The zero-order valence-corrected chi connectivity index (χ0v) is 10.9. The molecule has 16 heavy (non-hydrogen) atoms. The predicted octanol–water partition coefficient (Wildman–Crippen LogP) is 1.18. The van der Waals surface area contributed by atoms with Gasteiger partial charge in [0.05, 0.1) is 12.5 Å². The lowest BCUT2D eigenvalue weighted by molar-refractivity contribution is -0.118. The average Bonchev–Trinajstić information content (AvgIpc) is 2.60. The van der Waals surface area contributed by atoms with Crippen molar-refractivity contribution < 1.29 is 9.53 Å². The van der Waals surface area contributed by atoms with Crippen LogP contribution in [-0.2, 0) is 9.53 Å². The highest BCUT2D eigenvalue weighted by Crippen LogP contribution is 2.16. The van der Waals surface area contributed by atoms with Crippen molar-refractivity contribution >= 4 is 34.8 Å². The predicted molar refractivity (Wildman–Crippen MR) is 67.2 cm³/mol. The van der Waals surface area contributed by atoms with Crippen LogP contribution in [0.2, 0.25) is 0 Å². The number of carbonyl (C=O) groups excluding carboxylic acids is 1. The van der Waals surface area contributed by atoms with Gasteiger partial charge < -0.3 is 15.8 Å². The first kappa shape index (κ1) is 15.3. The van der Waals surface area contributed by atoms with Gasteiger partial charge in [0.25, 0.3) is 0 Å². The number of methoxy groups -OCH3 is 1. The number of halogens is 1. The zero-order valence-electron chi connectivity index (χ0n) is 9.23. The van der Waals surface area contributed by atoms with Crippen molar-refractivity contribution in [2.24, 2.45) is 5.73 Å². The molecule has 0 radical (unpaired) electrons. The second-order valence-electron chi connectivity index (χ2n) is 3.12. The number of nitrogens with two attached hydrogens (primary N) is 1. The number of rotatable bonds is 5. The highest BCUT2D eigenvalue weighted by molar-refractivity contribution is 7.15. The molecule has 1 atom stereocenters. The topological polar surface area (TPSA) is 77.2 Å². The summed E-state index contributed by atoms with van der Waals surface area (Å²) in [6.45, 7) is 2.27. The highest BCUT2D eigenvalue weighted by Gasteiger charge is 2.12. The lowest BCUT2D eigenvalue weighted by Crippen LogP contribution is -2.28.